The summed E-state index contributed by atoms with van der Waals surface area (Å²) in [5.41, 5.74) is 0.0540. The fourth-order valence-corrected chi connectivity index (χ4v) is 1.31. The molecular weight excluding hydrogens is 279 g/mol. The molecule has 1 rings (SSSR count). The fraction of sp³-hybridized carbons (Fsp3) is 0.250. The molecule has 108 valence electrons. The number of carbonyl (C=O) groups is 3. The minimum absolute atomic E-state index is 0.109. The summed E-state index contributed by atoms with van der Waals surface area (Å²) in [6, 6.07) is 4.71. The molecule has 2 N–H and O–H groups in total. The predicted octanol–water partition coefficient (Wildman–Crippen LogP) is 2.23. The van der Waals surface area contributed by atoms with Gasteiger partial charge in [0.15, 0.2) is 5.78 Å². The van der Waals surface area contributed by atoms with Gasteiger partial charge in [0.05, 0.1) is 6.42 Å². The van der Waals surface area contributed by atoms with Crippen LogP contribution in [0.2, 0.25) is 0 Å². The van der Waals surface area contributed by atoms with Crippen molar-refractivity contribution in [3.63, 3.8) is 0 Å². The molecule has 0 atom stereocenters. The molecular formula is C12H10F3NO4. The highest BCUT2D eigenvalue weighted by Gasteiger charge is 2.38. The molecule has 0 aliphatic rings. The summed E-state index contributed by atoms with van der Waals surface area (Å²) in [6.07, 6.45) is -5.52. The van der Waals surface area contributed by atoms with E-state index in [1.165, 1.54) is 12.1 Å². The second kappa shape index (κ2) is 6.18. The van der Waals surface area contributed by atoms with Gasteiger partial charge in [0.2, 0.25) is 0 Å². The number of benzene rings is 1. The van der Waals surface area contributed by atoms with E-state index in [4.69, 9.17) is 5.11 Å². The Balaban J connectivity index is 2.67. The highest BCUT2D eigenvalue weighted by molar-refractivity contribution is 5.99. The Morgan fingerprint density at radius 2 is 1.60 bits per heavy atom. The molecule has 20 heavy (non-hydrogen) atoms. The van der Waals surface area contributed by atoms with Gasteiger partial charge in [0.25, 0.3) is 0 Å². The third kappa shape index (κ3) is 4.71. The molecule has 1 amide bonds. The number of amides is 1. The Morgan fingerprint density at radius 1 is 1.05 bits per heavy atom. The number of carboxylic acids is 1. The number of hydrogen-bond donors (Lipinski definition) is 2. The number of halogens is 3. The number of anilines is 1. The first-order valence-corrected chi connectivity index (χ1v) is 5.43. The normalized spacial score (nSPS) is 10.9. The predicted molar refractivity (Wildman–Crippen MR) is 62.3 cm³/mol. The summed E-state index contributed by atoms with van der Waals surface area (Å²) in [6.45, 7) is 0. The summed E-state index contributed by atoms with van der Waals surface area (Å²) < 4.78 is 36.0. The smallest absolute Gasteiger partial charge is 0.471 e. The minimum atomic E-state index is -4.99. The molecule has 0 aliphatic carbocycles. The molecule has 0 fully saturated rings. The maximum atomic E-state index is 12.0. The van der Waals surface area contributed by atoms with Crippen LogP contribution < -0.4 is 5.32 Å². The molecule has 1 aromatic carbocycles. The molecule has 0 spiro atoms. The zero-order valence-electron chi connectivity index (χ0n) is 10.0. The van der Waals surface area contributed by atoms with Crippen LogP contribution in [-0.2, 0) is 9.59 Å². The minimum Gasteiger partial charge on any atom is -0.481 e. The van der Waals surface area contributed by atoms with Crippen molar-refractivity contribution in [1.82, 2.24) is 0 Å². The Kier molecular flexibility index (Phi) is 4.84. The van der Waals surface area contributed by atoms with Crippen molar-refractivity contribution in [2.45, 2.75) is 19.0 Å². The van der Waals surface area contributed by atoms with Crippen molar-refractivity contribution in [3.8, 4) is 0 Å². The van der Waals surface area contributed by atoms with Gasteiger partial charge >= 0.3 is 18.1 Å². The van der Waals surface area contributed by atoms with E-state index in [2.05, 4.69) is 0 Å². The first kappa shape index (κ1) is 15.7. The molecule has 1 aromatic rings. The van der Waals surface area contributed by atoms with E-state index in [0.717, 1.165) is 12.1 Å². The first-order valence-electron chi connectivity index (χ1n) is 5.43. The summed E-state index contributed by atoms with van der Waals surface area (Å²) in [4.78, 5) is 32.5. The van der Waals surface area contributed by atoms with Gasteiger partial charge < -0.3 is 10.4 Å². The van der Waals surface area contributed by atoms with Crippen molar-refractivity contribution >= 4 is 23.3 Å². The Hall–Kier alpha value is -2.38. The lowest BCUT2D eigenvalue weighted by Gasteiger charge is -2.08. The van der Waals surface area contributed by atoms with Crippen LogP contribution in [0.1, 0.15) is 23.2 Å². The number of ketones is 1. The molecule has 5 nitrogen and oxygen atoms in total. The maximum absolute atomic E-state index is 12.0. The van der Waals surface area contributed by atoms with Gasteiger partial charge in [0.1, 0.15) is 0 Å². The van der Waals surface area contributed by atoms with E-state index in [9.17, 15) is 27.6 Å². The number of hydrogen-bond acceptors (Lipinski definition) is 3. The standard InChI is InChI=1S/C12H10F3NO4/c13-12(14,15)11(20)16-8-3-1-7(2-4-8)9(17)5-6-10(18)19/h1-4H,5-6H2,(H,16,20)(H,18,19). The highest BCUT2D eigenvalue weighted by Crippen LogP contribution is 2.19. The van der Waals surface area contributed by atoms with Crippen molar-refractivity contribution in [1.29, 1.82) is 0 Å². The fourth-order valence-electron chi connectivity index (χ4n) is 1.31. The van der Waals surface area contributed by atoms with E-state index < -0.39 is 23.8 Å². The van der Waals surface area contributed by atoms with Gasteiger partial charge in [-0.2, -0.15) is 13.2 Å². The molecule has 0 aliphatic heterocycles. The zero-order chi connectivity index (χ0) is 15.3. The summed E-state index contributed by atoms with van der Waals surface area (Å²) >= 11 is 0. The second-order valence-electron chi connectivity index (χ2n) is 3.85. The van der Waals surface area contributed by atoms with Crippen LogP contribution in [0.3, 0.4) is 0 Å². The second-order valence-corrected chi connectivity index (χ2v) is 3.85. The topological polar surface area (TPSA) is 83.5 Å². The van der Waals surface area contributed by atoms with Crippen LogP contribution in [-0.4, -0.2) is 28.9 Å². The van der Waals surface area contributed by atoms with Crippen molar-refractivity contribution < 1.29 is 32.7 Å². The third-order valence-electron chi connectivity index (χ3n) is 2.29. The summed E-state index contributed by atoms with van der Waals surface area (Å²) in [5.74, 6) is -3.67. The van der Waals surface area contributed by atoms with E-state index >= 15 is 0 Å². The van der Waals surface area contributed by atoms with Crippen molar-refractivity contribution in [3.05, 3.63) is 29.8 Å². The Labute approximate surface area is 111 Å². The number of carboxylic acid groups (broad SMARTS) is 1. The number of carbonyl (C=O) groups excluding carboxylic acids is 2. The van der Waals surface area contributed by atoms with Crippen LogP contribution in [0.15, 0.2) is 24.3 Å². The SMILES string of the molecule is O=C(O)CCC(=O)c1ccc(NC(=O)C(F)(F)F)cc1. The highest BCUT2D eigenvalue weighted by atomic mass is 19.4. The number of rotatable bonds is 5. The quantitative estimate of drug-likeness (QED) is 0.814. The number of alkyl halides is 3. The third-order valence-corrected chi connectivity index (χ3v) is 2.29. The molecule has 0 saturated heterocycles. The number of Topliss-reactive ketones (excluding diaryl/α,β-unsaturated/α-hetero) is 1. The van der Waals surface area contributed by atoms with Gasteiger partial charge in [-0.15, -0.1) is 0 Å². The molecule has 0 heterocycles. The van der Waals surface area contributed by atoms with Crippen molar-refractivity contribution in [2.75, 3.05) is 5.32 Å². The van der Waals surface area contributed by atoms with E-state index in [1.807, 2.05) is 0 Å². The van der Waals surface area contributed by atoms with Gasteiger partial charge in [0, 0.05) is 17.7 Å². The first-order chi connectivity index (χ1) is 9.20. The Morgan fingerprint density at radius 3 is 2.05 bits per heavy atom. The molecule has 0 bridgehead atoms. The monoisotopic (exact) mass is 289 g/mol. The van der Waals surface area contributed by atoms with E-state index in [0.29, 0.717) is 0 Å². The lowest BCUT2D eigenvalue weighted by atomic mass is 10.1. The van der Waals surface area contributed by atoms with Crippen LogP contribution >= 0.6 is 0 Å². The van der Waals surface area contributed by atoms with E-state index in [-0.39, 0.29) is 24.1 Å². The number of aliphatic carboxylic acids is 1. The molecule has 0 radical (unpaired) electrons. The average Bonchev–Trinajstić information content (AvgIpc) is 2.35. The zero-order valence-corrected chi connectivity index (χ0v) is 10.0. The average molecular weight is 289 g/mol. The van der Waals surface area contributed by atoms with Gasteiger partial charge in [-0.25, -0.2) is 0 Å². The van der Waals surface area contributed by atoms with Crippen LogP contribution in [0.5, 0.6) is 0 Å². The maximum Gasteiger partial charge on any atom is 0.471 e. The van der Waals surface area contributed by atoms with Crippen LogP contribution in [0, 0.1) is 0 Å². The summed E-state index contributed by atoms with van der Waals surface area (Å²) in [7, 11) is 0. The molecule has 0 saturated carbocycles. The van der Waals surface area contributed by atoms with E-state index in [1.54, 1.807) is 5.32 Å². The molecule has 0 unspecified atom stereocenters. The number of nitrogens with one attached hydrogen (secondary N) is 1. The lowest BCUT2D eigenvalue weighted by molar-refractivity contribution is -0.167. The molecule has 8 heteroatoms. The van der Waals surface area contributed by atoms with Gasteiger partial charge in [-0.1, -0.05) is 0 Å². The van der Waals surface area contributed by atoms with Gasteiger partial charge in [-0.3, -0.25) is 14.4 Å². The molecule has 0 aromatic heterocycles. The lowest BCUT2D eigenvalue weighted by Crippen LogP contribution is -2.29. The van der Waals surface area contributed by atoms with Crippen molar-refractivity contribution in [2.24, 2.45) is 0 Å². The van der Waals surface area contributed by atoms with Crippen LogP contribution in [0.4, 0.5) is 18.9 Å². The van der Waals surface area contributed by atoms with Gasteiger partial charge in [-0.05, 0) is 24.3 Å². The Bertz CT molecular complexity index is 522. The largest absolute Gasteiger partial charge is 0.481 e. The summed E-state index contributed by atoms with van der Waals surface area (Å²) in [5, 5.41) is 10.1. The van der Waals surface area contributed by atoms with Crippen LogP contribution in [0.25, 0.3) is 0 Å².